The van der Waals surface area contributed by atoms with E-state index in [1.54, 1.807) is 21.3 Å². The van der Waals surface area contributed by atoms with Gasteiger partial charge in [-0.3, -0.25) is 0 Å². The molecule has 0 radical (unpaired) electrons. The third-order valence-electron chi connectivity index (χ3n) is 5.14. The predicted octanol–water partition coefficient (Wildman–Crippen LogP) is 5.71. The molecule has 0 saturated heterocycles. The Labute approximate surface area is 171 Å². The minimum Gasteiger partial charge on any atom is -0.380 e. The molecule has 0 aliphatic rings. The van der Waals surface area contributed by atoms with Crippen LogP contribution in [0.25, 0.3) is 0 Å². The first kappa shape index (κ1) is 24.2. The normalized spacial score (nSPS) is 10.7. The van der Waals surface area contributed by atoms with Crippen molar-refractivity contribution in [1.29, 1.82) is 0 Å². The van der Waals surface area contributed by atoms with E-state index in [4.69, 9.17) is 14.2 Å². The Morgan fingerprint density at radius 2 is 1.14 bits per heavy atom. The lowest BCUT2D eigenvalue weighted by atomic mass is 9.98. The van der Waals surface area contributed by atoms with E-state index in [0.29, 0.717) is 19.8 Å². The highest BCUT2D eigenvalue weighted by atomic mass is 16.5. The third-order valence-corrected chi connectivity index (χ3v) is 5.14. The third kappa shape index (κ3) is 5.34. The van der Waals surface area contributed by atoms with Crippen LogP contribution in [0, 0.1) is 13.8 Å². The van der Waals surface area contributed by atoms with Gasteiger partial charge in [0, 0.05) is 39.8 Å². The summed E-state index contributed by atoms with van der Waals surface area (Å²) in [7, 11) is 7.34. The van der Waals surface area contributed by atoms with E-state index >= 15 is 0 Å². The van der Waals surface area contributed by atoms with Gasteiger partial charge in [-0.1, -0.05) is 26.5 Å². The van der Waals surface area contributed by atoms with Gasteiger partial charge < -0.3 is 19.1 Å². The molecule has 2 aromatic rings. The first-order chi connectivity index (χ1) is 13.0. The fourth-order valence-electron chi connectivity index (χ4n) is 3.54. The van der Waals surface area contributed by atoms with Crippen molar-refractivity contribution >= 4 is 11.4 Å². The standard InChI is InChI=1S/C23H33NO3.CH4/c1-8-18-9-20(14-26-6)16(2)22(11-18)24(4)23-12-19(13-25-5)10-21(15-27-7)17(23)3;/h9-12H,8,13-15H2,1-7H3;1H4. The number of methoxy groups -OCH3 is 3. The van der Waals surface area contributed by atoms with Gasteiger partial charge in [0.1, 0.15) is 0 Å². The lowest BCUT2D eigenvalue weighted by molar-refractivity contribution is 0.179. The Balaban J connectivity index is 0.00000392. The van der Waals surface area contributed by atoms with Crippen molar-refractivity contribution in [2.75, 3.05) is 33.3 Å². The molecule has 28 heavy (non-hydrogen) atoms. The molecule has 0 heterocycles. The molecule has 156 valence electrons. The van der Waals surface area contributed by atoms with E-state index in [1.165, 1.54) is 39.2 Å². The molecule has 4 nitrogen and oxygen atoms in total. The van der Waals surface area contributed by atoms with Crippen LogP contribution in [0.4, 0.5) is 11.4 Å². The van der Waals surface area contributed by atoms with Gasteiger partial charge in [-0.05, 0) is 65.8 Å². The molecular weight excluding hydrogens is 350 g/mol. The molecule has 0 saturated carbocycles. The quantitative estimate of drug-likeness (QED) is 0.551. The highest BCUT2D eigenvalue weighted by molar-refractivity contribution is 5.71. The summed E-state index contributed by atoms with van der Waals surface area (Å²) in [5.41, 5.74) is 9.77. The maximum absolute atomic E-state index is 5.42. The van der Waals surface area contributed by atoms with Crippen LogP contribution in [-0.4, -0.2) is 28.4 Å². The van der Waals surface area contributed by atoms with Crippen LogP contribution in [-0.2, 0) is 40.5 Å². The molecule has 2 aromatic carbocycles. The molecule has 0 fully saturated rings. The number of hydrogen-bond donors (Lipinski definition) is 0. The van der Waals surface area contributed by atoms with Crippen molar-refractivity contribution in [3.63, 3.8) is 0 Å². The largest absolute Gasteiger partial charge is 0.380 e. The zero-order valence-corrected chi connectivity index (χ0v) is 17.8. The lowest BCUT2D eigenvalue weighted by Gasteiger charge is -2.27. The van der Waals surface area contributed by atoms with Gasteiger partial charge in [0.25, 0.3) is 0 Å². The molecule has 0 aliphatic heterocycles. The second-order valence-electron chi connectivity index (χ2n) is 7.01. The maximum atomic E-state index is 5.42. The van der Waals surface area contributed by atoms with E-state index in [1.807, 2.05) is 0 Å². The smallest absolute Gasteiger partial charge is 0.0716 e. The summed E-state index contributed by atoms with van der Waals surface area (Å²) in [6.07, 6.45) is 0.995. The van der Waals surface area contributed by atoms with Crippen molar-refractivity contribution in [1.82, 2.24) is 0 Å². The number of ether oxygens (including phenoxy) is 3. The highest BCUT2D eigenvalue weighted by Gasteiger charge is 2.16. The van der Waals surface area contributed by atoms with Gasteiger partial charge in [-0.2, -0.15) is 0 Å². The summed E-state index contributed by atoms with van der Waals surface area (Å²) in [5, 5.41) is 0. The molecule has 0 spiro atoms. The van der Waals surface area contributed by atoms with Gasteiger partial charge in [0.05, 0.1) is 19.8 Å². The van der Waals surface area contributed by atoms with Gasteiger partial charge in [0.15, 0.2) is 0 Å². The SMILES string of the molecule is C.CCc1cc(COC)c(C)c(N(C)c2cc(COC)cc(COC)c2C)c1. The van der Waals surface area contributed by atoms with Gasteiger partial charge in [0.2, 0.25) is 0 Å². The molecule has 2 rings (SSSR count). The van der Waals surface area contributed by atoms with Crippen molar-refractivity contribution in [2.45, 2.75) is 54.4 Å². The average Bonchev–Trinajstić information content (AvgIpc) is 2.66. The minimum atomic E-state index is 0. The van der Waals surface area contributed by atoms with Crippen LogP contribution in [0.15, 0.2) is 24.3 Å². The molecular formula is C24H37NO3. The molecule has 4 heteroatoms. The van der Waals surface area contributed by atoms with E-state index in [9.17, 15) is 0 Å². The number of benzene rings is 2. The summed E-state index contributed by atoms with van der Waals surface area (Å²) in [6, 6.07) is 8.92. The van der Waals surface area contributed by atoms with Gasteiger partial charge in [-0.25, -0.2) is 0 Å². The Hall–Kier alpha value is -1.88. The summed E-state index contributed by atoms with van der Waals surface area (Å²) in [4.78, 5) is 2.28. The Morgan fingerprint density at radius 3 is 1.57 bits per heavy atom. The summed E-state index contributed by atoms with van der Waals surface area (Å²) < 4.78 is 16.2. The zero-order valence-electron chi connectivity index (χ0n) is 17.8. The van der Waals surface area contributed by atoms with E-state index in [2.05, 4.69) is 57.0 Å². The molecule has 0 unspecified atom stereocenters. The number of rotatable bonds is 9. The lowest BCUT2D eigenvalue weighted by Crippen LogP contribution is -2.15. The molecule has 0 aliphatic carbocycles. The van der Waals surface area contributed by atoms with Crippen LogP contribution < -0.4 is 4.90 Å². The summed E-state index contributed by atoms with van der Waals surface area (Å²) >= 11 is 0. The van der Waals surface area contributed by atoms with Crippen molar-refractivity contribution < 1.29 is 14.2 Å². The molecule has 0 aromatic heterocycles. The number of hydrogen-bond acceptors (Lipinski definition) is 4. The van der Waals surface area contributed by atoms with Crippen LogP contribution >= 0.6 is 0 Å². The molecule has 0 bridgehead atoms. The van der Waals surface area contributed by atoms with Gasteiger partial charge in [-0.15, -0.1) is 0 Å². The summed E-state index contributed by atoms with van der Waals surface area (Å²) in [5.74, 6) is 0. The predicted molar refractivity (Wildman–Crippen MR) is 119 cm³/mol. The Morgan fingerprint density at radius 1 is 0.714 bits per heavy atom. The van der Waals surface area contributed by atoms with Crippen LogP contribution in [0.2, 0.25) is 0 Å². The first-order valence-corrected chi connectivity index (χ1v) is 9.42. The van der Waals surface area contributed by atoms with E-state index in [-0.39, 0.29) is 7.43 Å². The van der Waals surface area contributed by atoms with Crippen molar-refractivity contribution in [2.24, 2.45) is 0 Å². The molecule has 0 N–H and O–H groups in total. The Bertz CT molecular complexity index is 771. The van der Waals surface area contributed by atoms with Crippen LogP contribution in [0.3, 0.4) is 0 Å². The minimum absolute atomic E-state index is 0. The average molecular weight is 388 g/mol. The van der Waals surface area contributed by atoms with E-state index in [0.717, 1.165) is 12.0 Å². The summed E-state index contributed by atoms with van der Waals surface area (Å²) in [6.45, 7) is 8.31. The van der Waals surface area contributed by atoms with Crippen LogP contribution in [0.1, 0.15) is 47.7 Å². The second kappa shape index (κ2) is 11.2. The maximum Gasteiger partial charge on any atom is 0.0716 e. The zero-order chi connectivity index (χ0) is 20.0. The number of aryl methyl sites for hydroxylation is 1. The second-order valence-corrected chi connectivity index (χ2v) is 7.01. The van der Waals surface area contributed by atoms with E-state index < -0.39 is 0 Å². The van der Waals surface area contributed by atoms with Crippen molar-refractivity contribution in [3.8, 4) is 0 Å². The number of anilines is 2. The van der Waals surface area contributed by atoms with Gasteiger partial charge >= 0.3 is 0 Å². The topological polar surface area (TPSA) is 30.9 Å². The Kier molecular flexibility index (Phi) is 9.66. The number of nitrogens with zero attached hydrogens (tertiary/aromatic N) is 1. The highest BCUT2D eigenvalue weighted by Crippen LogP contribution is 2.35. The molecule has 0 atom stereocenters. The van der Waals surface area contributed by atoms with Crippen LogP contribution in [0.5, 0.6) is 0 Å². The fourth-order valence-corrected chi connectivity index (χ4v) is 3.54. The fraction of sp³-hybridized carbons (Fsp3) is 0.500. The first-order valence-electron chi connectivity index (χ1n) is 9.42. The monoisotopic (exact) mass is 387 g/mol. The van der Waals surface area contributed by atoms with Crippen molar-refractivity contribution in [3.05, 3.63) is 57.6 Å². The molecule has 0 amide bonds.